The highest BCUT2D eigenvalue weighted by Gasteiger charge is 2.27. The van der Waals surface area contributed by atoms with Gasteiger partial charge in [-0.3, -0.25) is 0 Å². The third-order valence-electron chi connectivity index (χ3n) is 3.68. The third kappa shape index (κ3) is 1.09. The Morgan fingerprint density at radius 3 is 2.50 bits per heavy atom. The number of aryl methyl sites for hydroxylation is 1. The highest BCUT2D eigenvalue weighted by Crippen LogP contribution is 2.43. The minimum Gasteiger partial charge on any atom is -0.320 e. The normalized spacial score (nSPS) is 17.1. The zero-order chi connectivity index (χ0) is 11.3. The Kier molecular flexibility index (Phi) is 1.92. The summed E-state index contributed by atoms with van der Waals surface area (Å²) >= 11 is 0. The van der Waals surface area contributed by atoms with Crippen LogP contribution in [0.5, 0.6) is 0 Å². The summed E-state index contributed by atoms with van der Waals surface area (Å²) in [7, 11) is 0. The Morgan fingerprint density at radius 1 is 0.938 bits per heavy atom. The number of nitrogens with two attached hydrogens (primary N) is 1. The average molecular weight is 209 g/mol. The average Bonchev–Trinajstić information content (AvgIpc) is 2.59. The van der Waals surface area contributed by atoms with E-state index < -0.39 is 0 Å². The van der Waals surface area contributed by atoms with E-state index in [1.165, 1.54) is 33.4 Å². The van der Waals surface area contributed by atoms with Crippen LogP contribution in [0.3, 0.4) is 0 Å². The maximum Gasteiger partial charge on any atom is 0.0566 e. The quantitative estimate of drug-likeness (QED) is 0.707. The van der Waals surface area contributed by atoms with Crippen molar-refractivity contribution >= 4 is 0 Å². The molecule has 1 nitrogen and oxygen atoms in total. The van der Waals surface area contributed by atoms with Crippen LogP contribution in [0.4, 0.5) is 0 Å². The zero-order valence-corrected chi connectivity index (χ0v) is 9.62. The van der Waals surface area contributed by atoms with E-state index >= 15 is 0 Å². The Hall–Kier alpha value is -1.60. The molecule has 80 valence electrons. The number of fused-ring (bicyclic) bond motifs is 3. The van der Waals surface area contributed by atoms with Gasteiger partial charge in [0.25, 0.3) is 0 Å². The topological polar surface area (TPSA) is 26.0 Å². The fraction of sp³-hybridized carbons (Fsp3) is 0.200. The molecule has 0 saturated carbocycles. The van der Waals surface area contributed by atoms with Crippen molar-refractivity contribution in [3.8, 4) is 11.1 Å². The minimum atomic E-state index is 0.0473. The Bertz CT molecular complexity index is 570. The molecule has 0 amide bonds. The first kappa shape index (κ1) is 9.61. The van der Waals surface area contributed by atoms with E-state index in [0.29, 0.717) is 0 Å². The highest BCUT2D eigenvalue weighted by atomic mass is 14.7. The fourth-order valence-electron chi connectivity index (χ4n) is 2.64. The van der Waals surface area contributed by atoms with Crippen LogP contribution in [0.2, 0.25) is 0 Å². The van der Waals surface area contributed by atoms with E-state index in [2.05, 4.69) is 50.2 Å². The van der Waals surface area contributed by atoms with Gasteiger partial charge in [-0.2, -0.15) is 0 Å². The highest BCUT2D eigenvalue weighted by molar-refractivity contribution is 5.80. The molecule has 0 bridgehead atoms. The summed E-state index contributed by atoms with van der Waals surface area (Å²) in [5.41, 5.74) is 14.2. The second-order valence-corrected chi connectivity index (χ2v) is 4.53. The van der Waals surface area contributed by atoms with Crippen molar-refractivity contribution in [2.75, 3.05) is 0 Å². The van der Waals surface area contributed by atoms with E-state index in [-0.39, 0.29) is 6.04 Å². The second-order valence-electron chi connectivity index (χ2n) is 4.53. The molecule has 2 aromatic rings. The summed E-state index contributed by atoms with van der Waals surface area (Å²) in [5, 5.41) is 0. The molecule has 0 radical (unpaired) electrons. The zero-order valence-electron chi connectivity index (χ0n) is 9.62. The smallest absolute Gasteiger partial charge is 0.0566 e. The van der Waals surface area contributed by atoms with Gasteiger partial charge in [0.2, 0.25) is 0 Å². The lowest BCUT2D eigenvalue weighted by Crippen LogP contribution is -2.09. The molecule has 0 fully saturated rings. The van der Waals surface area contributed by atoms with Crippen LogP contribution in [0.15, 0.2) is 36.4 Å². The van der Waals surface area contributed by atoms with E-state index in [1.54, 1.807) is 0 Å². The van der Waals surface area contributed by atoms with Gasteiger partial charge in [0.1, 0.15) is 0 Å². The molecule has 0 spiro atoms. The molecule has 1 aliphatic rings. The first-order chi connectivity index (χ1) is 7.70. The molecule has 1 atom stereocenters. The van der Waals surface area contributed by atoms with Crippen molar-refractivity contribution in [2.24, 2.45) is 5.73 Å². The van der Waals surface area contributed by atoms with Gasteiger partial charge < -0.3 is 5.73 Å². The van der Waals surface area contributed by atoms with Crippen LogP contribution in [0, 0.1) is 13.8 Å². The molecule has 1 heteroatoms. The molecule has 1 aliphatic carbocycles. The van der Waals surface area contributed by atoms with Gasteiger partial charge in [-0.1, -0.05) is 36.4 Å². The molecule has 3 rings (SSSR count). The Morgan fingerprint density at radius 2 is 1.69 bits per heavy atom. The van der Waals surface area contributed by atoms with Gasteiger partial charge in [-0.25, -0.2) is 0 Å². The van der Waals surface area contributed by atoms with Gasteiger partial charge in [0.15, 0.2) is 0 Å². The Labute approximate surface area is 95.9 Å². The summed E-state index contributed by atoms with van der Waals surface area (Å²) in [5.74, 6) is 0. The SMILES string of the molecule is Cc1ccc2c(c1C)C(N)c1ccccc1-2. The predicted octanol–water partition coefficient (Wildman–Crippen LogP) is 3.33. The van der Waals surface area contributed by atoms with Crippen LogP contribution in [0.25, 0.3) is 11.1 Å². The monoisotopic (exact) mass is 209 g/mol. The van der Waals surface area contributed by atoms with E-state index in [0.717, 1.165) is 0 Å². The van der Waals surface area contributed by atoms with Crippen LogP contribution < -0.4 is 5.73 Å². The lowest BCUT2D eigenvalue weighted by molar-refractivity contribution is 0.888. The van der Waals surface area contributed by atoms with Crippen molar-refractivity contribution in [3.05, 3.63) is 58.7 Å². The van der Waals surface area contributed by atoms with Gasteiger partial charge in [-0.05, 0) is 47.2 Å². The summed E-state index contributed by atoms with van der Waals surface area (Å²) in [4.78, 5) is 0. The summed E-state index contributed by atoms with van der Waals surface area (Å²) in [6, 6.07) is 12.9. The molecule has 0 aromatic heterocycles. The minimum absolute atomic E-state index is 0.0473. The largest absolute Gasteiger partial charge is 0.320 e. The number of hydrogen-bond acceptors (Lipinski definition) is 1. The molecular weight excluding hydrogens is 194 g/mol. The third-order valence-corrected chi connectivity index (χ3v) is 3.68. The van der Waals surface area contributed by atoms with Gasteiger partial charge in [0.05, 0.1) is 6.04 Å². The Balaban J connectivity index is 2.37. The number of rotatable bonds is 0. The second kappa shape index (κ2) is 3.19. The molecule has 0 heterocycles. The van der Waals surface area contributed by atoms with Gasteiger partial charge in [0, 0.05) is 0 Å². The molecule has 1 unspecified atom stereocenters. The maximum absolute atomic E-state index is 6.33. The summed E-state index contributed by atoms with van der Waals surface area (Å²) < 4.78 is 0. The van der Waals surface area contributed by atoms with Crippen LogP contribution in [0.1, 0.15) is 28.3 Å². The van der Waals surface area contributed by atoms with Crippen molar-refractivity contribution in [3.63, 3.8) is 0 Å². The van der Waals surface area contributed by atoms with Crippen LogP contribution in [-0.2, 0) is 0 Å². The van der Waals surface area contributed by atoms with E-state index in [9.17, 15) is 0 Å². The van der Waals surface area contributed by atoms with Crippen LogP contribution in [-0.4, -0.2) is 0 Å². The van der Waals surface area contributed by atoms with Crippen LogP contribution >= 0.6 is 0 Å². The van der Waals surface area contributed by atoms with Crippen molar-refractivity contribution < 1.29 is 0 Å². The van der Waals surface area contributed by atoms with Crippen molar-refractivity contribution in [1.29, 1.82) is 0 Å². The number of benzene rings is 2. The summed E-state index contributed by atoms with van der Waals surface area (Å²) in [6.45, 7) is 4.31. The summed E-state index contributed by atoms with van der Waals surface area (Å²) in [6.07, 6.45) is 0. The standard InChI is InChI=1S/C15H15N/c1-9-7-8-12-11-5-3-4-6-13(11)15(16)14(12)10(9)2/h3-8,15H,16H2,1-2H3. The van der Waals surface area contributed by atoms with E-state index in [1.807, 2.05) is 0 Å². The molecule has 2 N–H and O–H groups in total. The lowest BCUT2D eigenvalue weighted by Gasteiger charge is -2.11. The van der Waals surface area contributed by atoms with Gasteiger partial charge >= 0.3 is 0 Å². The lowest BCUT2D eigenvalue weighted by atomic mass is 9.96. The predicted molar refractivity (Wildman–Crippen MR) is 67.4 cm³/mol. The first-order valence-electron chi connectivity index (χ1n) is 5.65. The first-order valence-corrected chi connectivity index (χ1v) is 5.65. The van der Waals surface area contributed by atoms with Gasteiger partial charge in [-0.15, -0.1) is 0 Å². The molecular formula is C15H15N. The fourth-order valence-corrected chi connectivity index (χ4v) is 2.64. The molecule has 2 aromatic carbocycles. The van der Waals surface area contributed by atoms with Crippen molar-refractivity contribution in [2.45, 2.75) is 19.9 Å². The van der Waals surface area contributed by atoms with Crippen molar-refractivity contribution in [1.82, 2.24) is 0 Å². The molecule has 0 saturated heterocycles. The maximum atomic E-state index is 6.33. The molecule has 16 heavy (non-hydrogen) atoms. The number of hydrogen-bond donors (Lipinski definition) is 1. The molecule has 0 aliphatic heterocycles. The van der Waals surface area contributed by atoms with E-state index in [4.69, 9.17) is 5.73 Å².